The zero-order chi connectivity index (χ0) is 18.0. The number of benzene rings is 1. The van der Waals surface area contributed by atoms with E-state index in [4.69, 9.17) is 23.2 Å². The minimum Gasteiger partial charge on any atom is -0.266 e. The van der Waals surface area contributed by atoms with Gasteiger partial charge < -0.3 is 0 Å². The summed E-state index contributed by atoms with van der Waals surface area (Å²) in [5.74, 6) is -0.292. The molecule has 3 aromatic rings. The molecule has 0 bridgehead atoms. The molecule has 0 aliphatic rings. The quantitative estimate of drug-likeness (QED) is 0.377. The van der Waals surface area contributed by atoms with E-state index in [2.05, 4.69) is 17.5 Å². The second-order valence-corrected chi connectivity index (χ2v) is 8.74. The first kappa shape index (κ1) is 18.4. The van der Waals surface area contributed by atoms with E-state index >= 15 is 0 Å². The minimum atomic E-state index is -0.292. The van der Waals surface area contributed by atoms with Gasteiger partial charge in [0, 0.05) is 10.1 Å². The fraction of sp³-hybridized carbons (Fsp3) is 0.222. The lowest BCUT2D eigenvalue weighted by molar-refractivity contribution is 0.0959. The molecular weight excluding hydrogens is 395 g/mol. The molecule has 1 aromatic carbocycles. The van der Waals surface area contributed by atoms with E-state index < -0.39 is 0 Å². The van der Waals surface area contributed by atoms with Crippen LogP contribution in [0.2, 0.25) is 9.36 Å². The summed E-state index contributed by atoms with van der Waals surface area (Å²) in [5.41, 5.74) is 4.60. The molecule has 0 spiro atoms. The summed E-state index contributed by atoms with van der Waals surface area (Å²) in [7, 11) is 0. The molecule has 7 heteroatoms. The molecule has 2 heterocycles. The molecule has 0 saturated heterocycles. The van der Waals surface area contributed by atoms with Crippen molar-refractivity contribution in [3.05, 3.63) is 55.0 Å². The van der Waals surface area contributed by atoms with Crippen molar-refractivity contribution in [1.29, 1.82) is 0 Å². The highest BCUT2D eigenvalue weighted by Crippen LogP contribution is 2.35. The van der Waals surface area contributed by atoms with Gasteiger partial charge in [-0.2, -0.15) is 5.10 Å². The Balaban J connectivity index is 1.87. The smallest absolute Gasteiger partial charge is 0.266 e. The second kappa shape index (κ2) is 7.87. The van der Waals surface area contributed by atoms with Crippen molar-refractivity contribution >= 4 is 67.6 Å². The second-order valence-electron chi connectivity index (χ2n) is 5.60. The number of fused-ring (bicyclic) bond motifs is 1. The van der Waals surface area contributed by atoms with E-state index in [-0.39, 0.29) is 5.91 Å². The normalized spacial score (nSPS) is 11.9. The Bertz CT molecular complexity index is 959. The third-order valence-electron chi connectivity index (χ3n) is 3.63. The van der Waals surface area contributed by atoms with Gasteiger partial charge in [-0.25, -0.2) is 5.43 Å². The van der Waals surface area contributed by atoms with E-state index in [0.717, 1.165) is 39.1 Å². The van der Waals surface area contributed by atoms with Gasteiger partial charge in [-0.05, 0) is 37.1 Å². The van der Waals surface area contributed by atoms with Gasteiger partial charge in [0.25, 0.3) is 5.91 Å². The zero-order valence-electron chi connectivity index (χ0n) is 13.7. The summed E-state index contributed by atoms with van der Waals surface area (Å²) < 4.78 is 1.70. The molecule has 25 heavy (non-hydrogen) atoms. The van der Waals surface area contributed by atoms with Crippen LogP contribution < -0.4 is 5.43 Å². The Morgan fingerprint density at radius 1 is 1.20 bits per heavy atom. The Labute approximate surface area is 164 Å². The molecule has 0 saturated carbocycles. The molecule has 3 nitrogen and oxygen atoms in total. The standard InChI is InChI=1S/C18H16Cl2N2OS2/c1-3-4-12(13-7-8-15(19)24-13)21-22-18(23)17-16(20)11-6-5-10(2)9-14(11)25-17/h5-9H,3-4H2,1-2H3,(H,22,23)/b21-12-. The number of nitrogens with one attached hydrogen (secondary N) is 1. The van der Waals surface area contributed by atoms with Gasteiger partial charge in [0.2, 0.25) is 0 Å². The van der Waals surface area contributed by atoms with Crippen LogP contribution in [0.15, 0.2) is 35.4 Å². The number of amides is 1. The average molecular weight is 411 g/mol. The number of halogens is 2. The fourth-order valence-corrected chi connectivity index (χ4v) is 4.99. The maximum absolute atomic E-state index is 12.6. The first-order valence-corrected chi connectivity index (χ1v) is 10.2. The summed E-state index contributed by atoms with van der Waals surface area (Å²) in [6.45, 7) is 4.08. The molecule has 0 aliphatic carbocycles. The van der Waals surface area contributed by atoms with E-state index in [1.165, 1.54) is 22.7 Å². The molecule has 0 radical (unpaired) electrons. The molecule has 0 unspecified atom stereocenters. The number of carbonyl (C=O) groups is 1. The molecule has 1 amide bonds. The van der Waals surface area contributed by atoms with Crippen molar-refractivity contribution in [2.75, 3.05) is 0 Å². The SMILES string of the molecule is CCC/C(=N/NC(=O)c1sc2cc(C)ccc2c1Cl)c1ccc(Cl)s1. The van der Waals surface area contributed by atoms with Crippen LogP contribution in [0.4, 0.5) is 0 Å². The summed E-state index contributed by atoms with van der Waals surface area (Å²) in [6, 6.07) is 9.71. The Morgan fingerprint density at radius 3 is 2.68 bits per heavy atom. The Morgan fingerprint density at radius 2 is 2.00 bits per heavy atom. The van der Waals surface area contributed by atoms with Gasteiger partial charge in [-0.3, -0.25) is 4.79 Å². The van der Waals surface area contributed by atoms with Gasteiger partial charge in [0.05, 0.1) is 19.9 Å². The molecule has 2 aromatic heterocycles. The number of hydrazone groups is 1. The number of hydrogen-bond acceptors (Lipinski definition) is 4. The lowest BCUT2D eigenvalue weighted by atomic mass is 10.2. The molecule has 3 rings (SSSR count). The van der Waals surface area contributed by atoms with Crippen molar-refractivity contribution in [2.45, 2.75) is 26.7 Å². The summed E-state index contributed by atoms with van der Waals surface area (Å²) in [5, 5.41) is 5.69. The first-order chi connectivity index (χ1) is 12.0. The number of hydrogen-bond donors (Lipinski definition) is 1. The predicted octanol–water partition coefficient (Wildman–Crippen LogP) is 6.51. The number of thiophene rings is 2. The van der Waals surface area contributed by atoms with Gasteiger partial charge in [0.1, 0.15) is 4.88 Å². The van der Waals surface area contributed by atoms with E-state index in [1.54, 1.807) is 0 Å². The number of carbonyl (C=O) groups excluding carboxylic acids is 1. The highest BCUT2D eigenvalue weighted by molar-refractivity contribution is 7.21. The predicted molar refractivity (Wildman–Crippen MR) is 110 cm³/mol. The molecule has 130 valence electrons. The maximum atomic E-state index is 12.6. The Hall–Kier alpha value is -1.40. The van der Waals surface area contributed by atoms with Gasteiger partial charge >= 0.3 is 0 Å². The highest BCUT2D eigenvalue weighted by atomic mass is 35.5. The van der Waals surface area contributed by atoms with Gasteiger partial charge in [-0.15, -0.1) is 22.7 Å². The van der Waals surface area contributed by atoms with Crippen molar-refractivity contribution in [2.24, 2.45) is 5.10 Å². The molecule has 0 atom stereocenters. The number of rotatable bonds is 5. The summed E-state index contributed by atoms with van der Waals surface area (Å²) >= 11 is 15.2. The fourth-order valence-electron chi connectivity index (χ4n) is 2.43. The third-order valence-corrected chi connectivity index (χ3v) is 6.56. The van der Waals surface area contributed by atoms with E-state index in [1.807, 2.05) is 37.3 Å². The van der Waals surface area contributed by atoms with Gasteiger partial charge in [-0.1, -0.05) is 48.7 Å². The van der Waals surface area contributed by atoms with Crippen LogP contribution in [0.1, 0.15) is 39.9 Å². The lowest BCUT2D eigenvalue weighted by Crippen LogP contribution is -2.19. The van der Waals surface area contributed by atoms with Crippen molar-refractivity contribution in [1.82, 2.24) is 5.43 Å². The van der Waals surface area contributed by atoms with Gasteiger partial charge in [0.15, 0.2) is 0 Å². The molecular formula is C18H16Cl2N2OS2. The maximum Gasteiger partial charge on any atom is 0.283 e. The largest absolute Gasteiger partial charge is 0.283 e. The van der Waals surface area contributed by atoms with Crippen molar-refractivity contribution in [3.63, 3.8) is 0 Å². The minimum absolute atomic E-state index is 0.292. The highest BCUT2D eigenvalue weighted by Gasteiger charge is 2.17. The summed E-state index contributed by atoms with van der Waals surface area (Å²) in [6.07, 6.45) is 1.68. The average Bonchev–Trinajstić information content (AvgIpc) is 3.15. The van der Waals surface area contributed by atoms with Crippen LogP contribution in [0, 0.1) is 6.92 Å². The Kier molecular flexibility index (Phi) is 5.79. The van der Waals surface area contributed by atoms with Crippen LogP contribution >= 0.6 is 45.9 Å². The first-order valence-electron chi connectivity index (χ1n) is 7.81. The topological polar surface area (TPSA) is 41.5 Å². The lowest BCUT2D eigenvalue weighted by Gasteiger charge is -2.03. The van der Waals surface area contributed by atoms with Crippen LogP contribution in [0.5, 0.6) is 0 Å². The summed E-state index contributed by atoms with van der Waals surface area (Å²) in [4.78, 5) is 14.0. The van der Waals surface area contributed by atoms with Crippen LogP contribution in [-0.4, -0.2) is 11.6 Å². The van der Waals surface area contributed by atoms with Crippen molar-refractivity contribution in [3.8, 4) is 0 Å². The van der Waals surface area contributed by atoms with Crippen molar-refractivity contribution < 1.29 is 4.79 Å². The van der Waals surface area contributed by atoms with E-state index in [9.17, 15) is 4.79 Å². The van der Waals surface area contributed by atoms with Crippen LogP contribution in [0.25, 0.3) is 10.1 Å². The van der Waals surface area contributed by atoms with Crippen LogP contribution in [-0.2, 0) is 0 Å². The molecule has 0 aliphatic heterocycles. The zero-order valence-corrected chi connectivity index (χ0v) is 16.9. The molecule has 0 fully saturated rings. The number of aryl methyl sites for hydroxylation is 1. The number of nitrogens with zero attached hydrogens (tertiary/aromatic N) is 1. The monoisotopic (exact) mass is 410 g/mol. The van der Waals surface area contributed by atoms with Crippen LogP contribution in [0.3, 0.4) is 0 Å². The third kappa shape index (κ3) is 4.06. The van der Waals surface area contributed by atoms with E-state index in [0.29, 0.717) is 14.2 Å². The molecule has 1 N–H and O–H groups in total.